The highest BCUT2D eigenvalue weighted by Gasteiger charge is 2.12. The Kier molecular flexibility index (Phi) is 5.72. The number of rotatable bonds is 7. The van der Waals surface area contributed by atoms with Crippen molar-refractivity contribution < 1.29 is 13.9 Å². The molecule has 0 fully saturated rings. The van der Waals surface area contributed by atoms with Crippen LogP contribution in [0.2, 0.25) is 0 Å². The Labute approximate surface area is 129 Å². The van der Waals surface area contributed by atoms with Crippen molar-refractivity contribution in [3.63, 3.8) is 0 Å². The lowest BCUT2D eigenvalue weighted by Gasteiger charge is -2.07. The molecule has 0 aliphatic rings. The van der Waals surface area contributed by atoms with Crippen molar-refractivity contribution in [2.75, 3.05) is 19.8 Å². The molecule has 22 heavy (non-hydrogen) atoms. The summed E-state index contributed by atoms with van der Waals surface area (Å²) >= 11 is 0. The molecule has 1 aromatic carbocycles. The maximum absolute atomic E-state index is 12.0. The van der Waals surface area contributed by atoms with Gasteiger partial charge in [0, 0.05) is 25.1 Å². The van der Waals surface area contributed by atoms with E-state index in [0.29, 0.717) is 37.7 Å². The fourth-order valence-corrected chi connectivity index (χ4v) is 2.01. The summed E-state index contributed by atoms with van der Waals surface area (Å²) in [6.45, 7) is 5.93. The standard InChI is InChI=1S/C17H21NO4/c1-12(2)11-21-9-5-8-18-16(19)14-10-13-6-3-4-7-15(13)22-17(14)20/h3-4,6-7,10,12H,5,8-9,11H2,1-2H3,(H,18,19). The number of nitrogens with one attached hydrogen (secondary N) is 1. The smallest absolute Gasteiger partial charge is 0.349 e. The largest absolute Gasteiger partial charge is 0.422 e. The Hall–Kier alpha value is -2.14. The average Bonchev–Trinajstić information content (AvgIpc) is 2.49. The number of ether oxygens (including phenoxy) is 1. The minimum absolute atomic E-state index is 0.0294. The van der Waals surface area contributed by atoms with Crippen molar-refractivity contribution in [2.24, 2.45) is 5.92 Å². The lowest BCUT2D eigenvalue weighted by atomic mass is 10.2. The van der Waals surface area contributed by atoms with E-state index >= 15 is 0 Å². The van der Waals surface area contributed by atoms with Crippen LogP contribution in [0.25, 0.3) is 11.0 Å². The Bertz CT molecular complexity index is 690. The zero-order chi connectivity index (χ0) is 15.9. The van der Waals surface area contributed by atoms with Crippen LogP contribution in [0, 0.1) is 5.92 Å². The second-order valence-electron chi connectivity index (χ2n) is 5.56. The van der Waals surface area contributed by atoms with E-state index in [-0.39, 0.29) is 5.56 Å². The average molecular weight is 303 g/mol. The van der Waals surface area contributed by atoms with Gasteiger partial charge in [-0.05, 0) is 24.5 Å². The number of fused-ring (bicyclic) bond motifs is 1. The second-order valence-corrected chi connectivity index (χ2v) is 5.56. The molecule has 2 aromatic rings. The predicted molar refractivity (Wildman–Crippen MR) is 85.1 cm³/mol. The maximum Gasteiger partial charge on any atom is 0.349 e. The van der Waals surface area contributed by atoms with Crippen molar-refractivity contribution in [3.05, 3.63) is 46.3 Å². The lowest BCUT2D eigenvalue weighted by molar-refractivity contribution is 0.0922. The summed E-state index contributed by atoms with van der Waals surface area (Å²) in [5, 5.41) is 3.44. The van der Waals surface area contributed by atoms with Gasteiger partial charge in [0.25, 0.3) is 5.91 Å². The first-order chi connectivity index (χ1) is 10.6. The minimum atomic E-state index is -0.618. The normalized spacial score (nSPS) is 11.0. The summed E-state index contributed by atoms with van der Waals surface area (Å²) in [4.78, 5) is 23.9. The van der Waals surface area contributed by atoms with E-state index in [1.165, 1.54) is 0 Å². The zero-order valence-electron chi connectivity index (χ0n) is 12.9. The van der Waals surface area contributed by atoms with E-state index in [2.05, 4.69) is 19.2 Å². The van der Waals surface area contributed by atoms with Crippen LogP contribution in [0.4, 0.5) is 0 Å². The third-order valence-corrected chi connectivity index (χ3v) is 3.09. The molecule has 0 atom stereocenters. The van der Waals surface area contributed by atoms with E-state index in [0.717, 1.165) is 5.39 Å². The molecule has 0 aliphatic heterocycles. The maximum atomic E-state index is 12.0. The van der Waals surface area contributed by atoms with Crippen LogP contribution in [0.3, 0.4) is 0 Å². The number of carbonyl (C=O) groups excluding carboxylic acids is 1. The monoisotopic (exact) mass is 303 g/mol. The topological polar surface area (TPSA) is 68.5 Å². The predicted octanol–water partition coefficient (Wildman–Crippen LogP) is 2.59. The fourth-order valence-electron chi connectivity index (χ4n) is 2.01. The number of hydrogen-bond acceptors (Lipinski definition) is 4. The van der Waals surface area contributed by atoms with Crippen molar-refractivity contribution in [3.8, 4) is 0 Å². The molecule has 1 N–H and O–H groups in total. The summed E-state index contributed by atoms with van der Waals surface area (Å²) < 4.78 is 10.6. The van der Waals surface area contributed by atoms with Crippen LogP contribution in [0.15, 0.2) is 39.5 Å². The van der Waals surface area contributed by atoms with Gasteiger partial charge in [0.05, 0.1) is 0 Å². The summed E-state index contributed by atoms with van der Waals surface area (Å²) in [5.41, 5.74) is -0.111. The molecular formula is C17H21NO4. The summed E-state index contributed by atoms with van der Waals surface area (Å²) in [7, 11) is 0. The third kappa shape index (κ3) is 4.43. The molecule has 0 aliphatic carbocycles. The van der Waals surface area contributed by atoms with Crippen LogP contribution in [0.1, 0.15) is 30.6 Å². The van der Waals surface area contributed by atoms with Gasteiger partial charge in [-0.1, -0.05) is 32.0 Å². The molecular weight excluding hydrogens is 282 g/mol. The molecule has 0 spiro atoms. The van der Waals surface area contributed by atoms with Crippen molar-refractivity contribution in [1.29, 1.82) is 0 Å². The number of carbonyl (C=O) groups is 1. The van der Waals surface area contributed by atoms with Gasteiger partial charge in [0.15, 0.2) is 0 Å². The van der Waals surface area contributed by atoms with E-state index in [1.807, 2.05) is 6.07 Å². The number of para-hydroxylation sites is 1. The van der Waals surface area contributed by atoms with Gasteiger partial charge in [-0.2, -0.15) is 0 Å². The molecule has 5 heteroatoms. The van der Waals surface area contributed by atoms with Crippen LogP contribution in [0.5, 0.6) is 0 Å². The first kappa shape index (κ1) is 16.2. The Morgan fingerprint density at radius 3 is 2.86 bits per heavy atom. The first-order valence-corrected chi connectivity index (χ1v) is 7.47. The molecule has 5 nitrogen and oxygen atoms in total. The molecule has 118 valence electrons. The molecule has 2 rings (SSSR count). The minimum Gasteiger partial charge on any atom is -0.422 e. The van der Waals surface area contributed by atoms with Crippen molar-refractivity contribution in [1.82, 2.24) is 5.32 Å². The van der Waals surface area contributed by atoms with Gasteiger partial charge in [0.1, 0.15) is 11.1 Å². The highest BCUT2D eigenvalue weighted by atomic mass is 16.5. The van der Waals surface area contributed by atoms with Crippen LogP contribution in [-0.4, -0.2) is 25.7 Å². The van der Waals surface area contributed by atoms with E-state index in [9.17, 15) is 9.59 Å². The Morgan fingerprint density at radius 2 is 2.09 bits per heavy atom. The number of hydrogen-bond donors (Lipinski definition) is 1. The first-order valence-electron chi connectivity index (χ1n) is 7.47. The Balaban J connectivity index is 1.90. The van der Waals surface area contributed by atoms with Gasteiger partial charge in [-0.3, -0.25) is 4.79 Å². The van der Waals surface area contributed by atoms with E-state index < -0.39 is 11.5 Å². The van der Waals surface area contributed by atoms with E-state index in [1.54, 1.807) is 24.3 Å². The van der Waals surface area contributed by atoms with Crippen LogP contribution < -0.4 is 10.9 Å². The molecule has 1 heterocycles. The van der Waals surface area contributed by atoms with Crippen LogP contribution >= 0.6 is 0 Å². The second kappa shape index (κ2) is 7.75. The molecule has 0 saturated carbocycles. The zero-order valence-corrected chi connectivity index (χ0v) is 12.9. The molecule has 0 bridgehead atoms. The number of benzene rings is 1. The third-order valence-electron chi connectivity index (χ3n) is 3.09. The fraction of sp³-hybridized carbons (Fsp3) is 0.412. The van der Waals surface area contributed by atoms with Gasteiger partial charge >= 0.3 is 5.63 Å². The molecule has 0 unspecified atom stereocenters. The van der Waals surface area contributed by atoms with Crippen LogP contribution in [-0.2, 0) is 4.74 Å². The summed E-state index contributed by atoms with van der Waals surface area (Å²) in [6, 6.07) is 8.67. The Morgan fingerprint density at radius 1 is 1.32 bits per heavy atom. The highest BCUT2D eigenvalue weighted by molar-refractivity contribution is 5.96. The molecule has 0 radical (unpaired) electrons. The lowest BCUT2D eigenvalue weighted by Crippen LogP contribution is -2.29. The molecule has 1 aromatic heterocycles. The summed E-state index contributed by atoms with van der Waals surface area (Å²) in [5.74, 6) is 0.0835. The SMILES string of the molecule is CC(C)COCCCNC(=O)c1cc2ccccc2oc1=O. The summed E-state index contributed by atoms with van der Waals surface area (Å²) in [6.07, 6.45) is 0.706. The van der Waals surface area contributed by atoms with Crippen molar-refractivity contribution >= 4 is 16.9 Å². The van der Waals surface area contributed by atoms with Crippen molar-refractivity contribution in [2.45, 2.75) is 20.3 Å². The quantitative estimate of drug-likeness (QED) is 0.630. The molecule has 0 saturated heterocycles. The van der Waals surface area contributed by atoms with Gasteiger partial charge in [0.2, 0.25) is 0 Å². The molecule has 1 amide bonds. The highest BCUT2D eigenvalue weighted by Crippen LogP contribution is 2.12. The van der Waals surface area contributed by atoms with Gasteiger partial charge in [-0.25, -0.2) is 4.79 Å². The number of amides is 1. The van der Waals surface area contributed by atoms with Gasteiger partial charge in [-0.15, -0.1) is 0 Å². The van der Waals surface area contributed by atoms with Gasteiger partial charge < -0.3 is 14.5 Å². The van der Waals surface area contributed by atoms with E-state index in [4.69, 9.17) is 9.15 Å².